The monoisotopic (exact) mass is 414 g/mol. The van der Waals surface area contributed by atoms with Gasteiger partial charge in [0.2, 0.25) is 0 Å². The summed E-state index contributed by atoms with van der Waals surface area (Å²) in [5.41, 5.74) is 1.50. The lowest BCUT2D eigenvalue weighted by Crippen LogP contribution is -2.29. The van der Waals surface area contributed by atoms with Crippen LogP contribution in [0.15, 0.2) is 59.2 Å². The number of carbonyl (C=O) groups is 1. The predicted octanol–water partition coefficient (Wildman–Crippen LogP) is 4.48. The summed E-state index contributed by atoms with van der Waals surface area (Å²) >= 11 is 5.31. The van der Waals surface area contributed by atoms with E-state index in [1.54, 1.807) is 17.0 Å². The van der Waals surface area contributed by atoms with Crippen molar-refractivity contribution in [1.29, 1.82) is 0 Å². The van der Waals surface area contributed by atoms with Gasteiger partial charge in [-0.1, -0.05) is 18.2 Å². The van der Waals surface area contributed by atoms with Gasteiger partial charge in [0.15, 0.2) is 17.1 Å². The molecule has 5 rings (SSSR count). The number of halogens is 3. The molecule has 0 fully saturated rings. The maximum absolute atomic E-state index is 14.1. The van der Waals surface area contributed by atoms with Gasteiger partial charge in [0, 0.05) is 18.3 Å². The molecule has 4 heterocycles. The summed E-state index contributed by atoms with van der Waals surface area (Å²) in [6, 6.07) is 13.3. The first-order valence-electron chi connectivity index (χ1n) is 8.83. The van der Waals surface area contributed by atoms with Crippen LogP contribution < -0.4 is 4.90 Å². The summed E-state index contributed by atoms with van der Waals surface area (Å²) in [7, 11) is 0. The van der Waals surface area contributed by atoms with E-state index >= 15 is 0 Å². The number of rotatable bonds is 3. The van der Waals surface area contributed by atoms with E-state index in [1.165, 1.54) is 12.3 Å². The van der Waals surface area contributed by atoms with E-state index in [2.05, 4.69) is 10.1 Å². The van der Waals surface area contributed by atoms with Crippen molar-refractivity contribution in [2.24, 2.45) is 0 Å². The Balaban J connectivity index is 1.62. The Kier molecular flexibility index (Phi) is 3.92. The van der Waals surface area contributed by atoms with E-state index in [9.17, 15) is 13.6 Å². The molecular weight excluding hydrogens is 402 g/mol. The van der Waals surface area contributed by atoms with Crippen molar-refractivity contribution < 1.29 is 18.0 Å². The zero-order valence-corrected chi connectivity index (χ0v) is 15.6. The van der Waals surface area contributed by atoms with Crippen molar-refractivity contribution in [3.63, 3.8) is 0 Å². The molecule has 0 aliphatic carbocycles. The molecule has 1 aliphatic rings. The summed E-state index contributed by atoms with van der Waals surface area (Å²) in [5.74, 6) is -0.0824. The van der Waals surface area contributed by atoms with Crippen LogP contribution in [0.3, 0.4) is 0 Å². The molecule has 0 unspecified atom stereocenters. The summed E-state index contributed by atoms with van der Waals surface area (Å²) < 4.78 is 34.3. The Hall–Kier alpha value is -3.26. The lowest BCUT2D eigenvalue weighted by atomic mass is 10.2. The number of para-hydroxylation sites is 1. The fourth-order valence-corrected chi connectivity index (χ4v) is 3.65. The quantitative estimate of drug-likeness (QED) is 0.464. The molecule has 4 aromatic rings. The Labute approximate surface area is 168 Å². The van der Waals surface area contributed by atoms with Gasteiger partial charge >= 0.3 is 5.38 Å². The van der Waals surface area contributed by atoms with Gasteiger partial charge in [-0.15, -0.1) is 0 Å². The zero-order chi connectivity index (χ0) is 20.2. The number of amides is 1. The number of carbonyl (C=O) groups excluding carboxylic acids is 1. The number of alkyl halides is 3. The second-order valence-electron chi connectivity index (χ2n) is 6.64. The molecule has 0 N–H and O–H groups in total. The van der Waals surface area contributed by atoms with Crippen LogP contribution in [0.25, 0.3) is 17.1 Å². The highest BCUT2D eigenvalue weighted by Gasteiger charge is 2.34. The van der Waals surface area contributed by atoms with Gasteiger partial charge in [0.05, 0.1) is 6.26 Å². The number of nitrogens with zero attached hydrogens (tertiary/aromatic N) is 4. The number of benzene rings is 1. The maximum Gasteiger partial charge on any atom is 0.364 e. The third kappa shape index (κ3) is 2.96. The molecule has 0 radical (unpaired) electrons. The molecule has 0 spiro atoms. The van der Waals surface area contributed by atoms with Gasteiger partial charge < -0.3 is 9.32 Å². The van der Waals surface area contributed by atoms with E-state index < -0.39 is 11.1 Å². The second kappa shape index (κ2) is 6.38. The van der Waals surface area contributed by atoms with E-state index in [-0.39, 0.29) is 22.9 Å². The first kappa shape index (κ1) is 17.8. The molecule has 29 heavy (non-hydrogen) atoms. The van der Waals surface area contributed by atoms with Crippen LogP contribution >= 0.6 is 11.6 Å². The van der Waals surface area contributed by atoms with E-state index in [0.717, 1.165) is 28.3 Å². The Bertz CT molecular complexity index is 1230. The standard InChI is InChI=1S/C20H13ClF2N4O2/c21-20(22,23)17-10-13(16-6-3-9-29-16)24-18-11-14(25-27(17)18)19(28)26-8-7-12-4-1-2-5-15(12)26/h1-6,9-11H,7-8H2. The largest absolute Gasteiger partial charge is 0.463 e. The Morgan fingerprint density at radius 2 is 2.00 bits per heavy atom. The molecule has 0 atom stereocenters. The normalized spacial score (nSPS) is 13.8. The van der Waals surface area contributed by atoms with Crippen molar-refractivity contribution in [2.45, 2.75) is 11.8 Å². The summed E-state index contributed by atoms with van der Waals surface area (Å²) in [6.07, 6.45) is 2.14. The minimum atomic E-state index is -3.71. The lowest BCUT2D eigenvalue weighted by Gasteiger charge is -2.15. The topological polar surface area (TPSA) is 63.6 Å². The van der Waals surface area contributed by atoms with Crippen molar-refractivity contribution in [2.75, 3.05) is 11.4 Å². The highest BCUT2D eigenvalue weighted by atomic mass is 35.5. The number of anilines is 1. The van der Waals surface area contributed by atoms with Gasteiger partial charge in [-0.2, -0.15) is 13.9 Å². The number of fused-ring (bicyclic) bond motifs is 2. The van der Waals surface area contributed by atoms with Crippen molar-refractivity contribution >= 4 is 28.8 Å². The molecule has 0 saturated carbocycles. The van der Waals surface area contributed by atoms with Gasteiger partial charge in [-0.3, -0.25) is 4.79 Å². The minimum Gasteiger partial charge on any atom is -0.463 e. The molecule has 146 valence electrons. The Morgan fingerprint density at radius 1 is 1.17 bits per heavy atom. The summed E-state index contributed by atoms with van der Waals surface area (Å²) in [6.45, 7) is 0.496. The molecule has 0 saturated heterocycles. The summed E-state index contributed by atoms with van der Waals surface area (Å²) in [5, 5.41) is 0.374. The number of hydrogen-bond acceptors (Lipinski definition) is 4. The molecule has 9 heteroatoms. The van der Waals surface area contributed by atoms with Crippen molar-refractivity contribution in [3.05, 3.63) is 71.7 Å². The lowest BCUT2D eigenvalue weighted by molar-refractivity contribution is 0.0868. The fourth-order valence-electron chi connectivity index (χ4n) is 3.52. The zero-order valence-electron chi connectivity index (χ0n) is 14.8. The SMILES string of the molecule is O=C(c1cc2nc(-c3ccco3)cc(C(F)(F)Cl)n2n1)N1CCc2ccccc21. The summed E-state index contributed by atoms with van der Waals surface area (Å²) in [4.78, 5) is 18.9. The highest BCUT2D eigenvalue weighted by molar-refractivity contribution is 6.21. The molecule has 1 aliphatic heterocycles. The molecule has 6 nitrogen and oxygen atoms in total. The molecular formula is C20H13ClF2N4O2. The van der Waals surface area contributed by atoms with Crippen LogP contribution in [0, 0.1) is 0 Å². The Morgan fingerprint density at radius 3 is 2.76 bits per heavy atom. The van der Waals surface area contributed by atoms with E-state index in [0.29, 0.717) is 12.3 Å². The molecule has 3 aromatic heterocycles. The van der Waals surface area contributed by atoms with Crippen LogP contribution in [-0.4, -0.2) is 27.0 Å². The van der Waals surface area contributed by atoms with Gasteiger partial charge in [-0.25, -0.2) is 9.50 Å². The van der Waals surface area contributed by atoms with E-state index in [4.69, 9.17) is 16.0 Å². The molecule has 0 bridgehead atoms. The first-order chi connectivity index (χ1) is 13.9. The highest BCUT2D eigenvalue weighted by Crippen LogP contribution is 2.35. The predicted molar refractivity (Wildman–Crippen MR) is 102 cm³/mol. The van der Waals surface area contributed by atoms with Crippen LogP contribution in [0.1, 0.15) is 21.7 Å². The number of furan rings is 1. The minimum absolute atomic E-state index is 0.00737. The third-order valence-electron chi connectivity index (χ3n) is 4.84. The maximum atomic E-state index is 14.1. The van der Waals surface area contributed by atoms with Crippen molar-refractivity contribution in [3.8, 4) is 11.5 Å². The van der Waals surface area contributed by atoms with Gasteiger partial charge in [0.25, 0.3) is 5.91 Å². The number of hydrogen-bond donors (Lipinski definition) is 0. The molecule has 1 amide bonds. The average molecular weight is 415 g/mol. The fraction of sp³-hybridized carbons (Fsp3) is 0.150. The van der Waals surface area contributed by atoms with Gasteiger partial charge in [0.1, 0.15) is 11.4 Å². The van der Waals surface area contributed by atoms with Crippen LogP contribution in [0.2, 0.25) is 0 Å². The third-order valence-corrected chi connectivity index (χ3v) is 5.04. The van der Waals surface area contributed by atoms with Gasteiger partial charge in [-0.05, 0) is 47.9 Å². The average Bonchev–Trinajstić information content (AvgIpc) is 3.44. The van der Waals surface area contributed by atoms with Crippen LogP contribution in [0.5, 0.6) is 0 Å². The van der Waals surface area contributed by atoms with E-state index in [1.807, 2.05) is 24.3 Å². The van der Waals surface area contributed by atoms with Crippen LogP contribution in [0.4, 0.5) is 14.5 Å². The smallest absolute Gasteiger partial charge is 0.364 e. The van der Waals surface area contributed by atoms with Crippen molar-refractivity contribution in [1.82, 2.24) is 14.6 Å². The van der Waals surface area contributed by atoms with Crippen LogP contribution in [-0.2, 0) is 11.8 Å². The molecule has 1 aromatic carbocycles. The second-order valence-corrected chi connectivity index (χ2v) is 7.11. The number of aromatic nitrogens is 3. The first-order valence-corrected chi connectivity index (χ1v) is 9.21.